The molecule has 3 rings (SSSR count). The van der Waals surface area contributed by atoms with Gasteiger partial charge in [0.15, 0.2) is 5.75 Å². The minimum absolute atomic E-state index is 0.475. The van der Waals surface area contributed by atoms with Crippen molar-refractivity contribution in [3.63, 3.8) is 0 Å². The van der Waals surface area contributed by atoms with E-state index in [0.717, 1.165) is 16.5 Å². The van der Waals surface area contributed by atoms with E-state index in [2.05, 4.69) is 0 Å². The second kappa shape index (κ2) is 4.53. The second-order valence-electron chi connectivity index (χ2n) is 4.34. The normalized spacial score (nSPS) is 10.5. The number of fused-ring (bicyclic) bond motifs is 1. The van der Waals surface area contributed by atoms with Gasteiger partial charge in [-0.3, -0.25) is 0 Å². The molecule has 0 saturated carbocycles. The van der Waals surface area contributed by atoms with Gasteiger partial charge in [-0.25, -0.2) is 0 Å². The predicted molar refractivity (Wildman–Crippen MR) is 79.3 cm³/mol. The molecule has 0 aliphatic rings. The lowest BCUT2D eigenvalue weighted by atomic mass is 10.1. The number of ether oxygens (including phenoxy) is 1. The largest absolute Gasteiger partial charge is 0.454 e. The van der Waals surface area contributed by atoms with Crippen LogP contribution in [0.1, 0.15) is 0 Å². The van der Waals surface area contributed by atoms with E-state index >= 15 is 0 Å². The van der Waals surface area contributed by atoms with Crippen molar-refractivity contribution in [1.29, 1.82) is 0 Å². The quantitative estimate of drug-likeness (QED) is 0.680. The topological polar surface area (TPSA) is 61.3 Å². The first-order chi connectivity index (χ1) is 9.25. The van der Waals surface area contributed by atoms with Crippen LogP contribution in [0.2, 0.25) is 0 Å². The highest BCUT2D eigenvalue weighted by atomic mass is 16.5. The van der Waals surface area contributed by atoms with Crippen molar-refractivity contribution in [2.75, 3.05) is 11.5 Å². The fourth-order valence-corrected chi connectivity index (χ4v) is 2.07. The van der Waals surface area contributed by atoms with Crippen molar-refractivity contribution in [3.05, 3.63) is 60.7 Å². The maximum Gasteiger partial charge on any atom is 0.160 e. The maximum atomic E-state index is 6.05. The standard InChI is InChI=1S/C16H14N2O/c17-14-10-11-6-4-5-9-13(11)16(15(14)18)19-12-7-2-1-3-8-12/h1-10H,17-18H2. The van der Waals surface area contributed by atoms with Crippen LogP contribution >= 0.6 is 0 Å². The van der Waals surface area contributed by atoms with E-state index in [4.69, 9.17) is 16.2 Å². The zero-order valence-corrected chi connectivity index (χ0v) is 10.3. The summed E-state index contributed by atoms with van der Waals surface area (Å²) in [4.78, 5) is 0. The van der Waals surface area contributed by atoms with Gasteiger partial charge in [0.1, 0.15) is 5.75 Å². The molecule has 94 valence electrons. The van der Waals surface area contributed by atoms with Gasteiger partial charge in [-0.1, -0.05) is 42.5 Å². The maximum absolute atomic E-state index is 6.05. The molecule has 0 fully saturated rings. The molecule has 3 aromatic rings. The molecule has 4 N–H and O–H groups in total. The van der Waals surface area contributed by atoms with E-state index in [-0.39, 0.29) is 0 Å². The van der Waals surface area contributed by atoms with Gasteiger partial charge in [0.2, 0.25) is 0 Å². The molecule has 3 nitrogen and oxygen atoms in total. The summed E-state index contributed by atoms with van der Waals surface area (Å²) >= 11 is 0. The first-order valence-corrected chi connectivity index (χ1v) is 6.05. The fraction of sp³-hybridized carbons (Fsp3) is 0. The molecule has 0 atom stereocenters. The Morgan fingerprint density at radius 1 is 0.789 bits per heavy atom. The van der Waals surface area contributed by atoms with Crippen LogP contribution < -0.4 is 16.2 Å². The monoisotopic (exact) mass is 250 g/mol. The van der Waals surface area contributed by atoms with E-state index in [9.17, 15) is 0 Å². The van der Waals surface area contributed by atoms with Crippen LogP contribution in [0.4, 0.5) is 11.4 Å². The molecule has 0 aliphatic carbocycles. The Hall–Kier alpha value is -2.68. The van der Waals surface area contributed by atoms with Crippen molar-refractivity contribution in [3.8, 4) is 11.5 Å². The van der Waals surface area contributed by atoms with Crippen molar-refractivity contribution < 1.29 is 4.74 Å². The van der Waals surface area contributed by atoms with Crippen molar-refractivity contribution in [2.45, 2.75) is 0 Å². The third kappa shape index (κ3) is 2.06. The minimum atomic E-state index is 0.475. The van der Waals surface area contributed by atoms with Crippen LogP contribution in [0.3, 0.4) is 0 Å². The molecule has 0 heterocycles. The first kappa shape index (κ1) is 11.4. The van der Waals surface area contributed by atoms with Crippen LogP contribution in [-0.4, -0.2) is 0 Å². The number of rotatable bonds is 2. The van der Waals surface area contributed by atoms with E-state index in [1.54, 1.807) is 0 Å². The van der Waals surface area contributed by atoms with E-state index in [0.29, 0.717) is 17.1 Å². The predicted octanol–water partition coefficient (Wildman–Crippen LogP) is 3.80. The van der Waals surface area contributed by atoms with Gasteiger partial charge in [0, 0.05) is 5.39 Å². The summed E-state index contributed by atoms with van der Waals surface area (Å²) < 4.78 is 5.90. The Labute approximate surface area is 111 Å². The average molecular weight is 250 g/mol. The number of hydrogen-bond acceptors (Lipinski definition) is 3. The molecular weight excluding hydrogens is 236 g/mol. The Kier molecular flexibility index (Phi) is 2.72. The molecule has 0 spiro atoms. The van der Waals surface area contributed by atoms with Crippen molar-refractivity contribution in [1.82, 2.24) is 0 Å². The summed E-state index contributed by atoms with van der Waals surface area (Å²) in [6.07, 6.45) is 0. The molecule has 0 aliphatic heterocycles. The second-order valence-corrected chi connectivity index (χ2v) is 4.34. The van der Waals surface area contributed by atoms with Gasteiger partial charge in [-0.05, 0) is 23.6 Å². The molecule has 0 saturated heterocycles. The molecular formula is C16H14N2O. The van der Waals surface area contributed by atoms with Gasteiger partial charge in [-0.15, -0.1) is 0 Å². The fourth-order valence-electron chi connectivity index (χ4n) is 2.07. The van der Waals surface area contributed by atoms with Crippen LogP contribution in [0.25, 0.3) is 10.8 Å². The number of para-hydroxylation sites is 1. The van der Waals surface area contributed by atoms with Crippen LogP contribution in [0, 0.1) is 0 Å². The van der Waals surface area contributed by atoms with Crippen LogP contribution in [-0.2, 0) is 0 Å². The molecule has 19 heavy (non-hydrogen) atoms. The number of hydrogen-bond donors (Lipinski definition) is 2. The Bertz CT molecular complexity index is 723. The van der Waals surface area contributed by atoms with Crippen LogP contribution in [0.5, 0.6) is 11.5 Å². The summed E-state index contributed by atoms with van der Waals surface area (Å²) in [5, 5.41) is 1.97. The van der Waals surface area contributed by atoms with E-state index < -0.39 is 0 Å². The lowest BCUT2D eigenvalue weighted by Crippen LogP contribution is -1.99. The zero-order valence-electron chi connectivity index (χ0n) is 10.3. The highest BCUT2D eigenvalue weighted by molar-refractivity contribution is 5.98. The Morgan fingerprint density at radius 2 is 1.47 bits per heavy atom. The van der Waals surface area contributed by atoms with Gasteiger partial charge >= 0.3 is 0 Å². The lowest BCUT2D eigenvalue weighted by molar-refractivity contribution is 0.491. The molecule has 0 bridgehead atoms. The van der Waals surface area contributed by atoms with E-state index in [1.807, 2.05) is 60.7 Å². The average Bonchev–Trinajstić information content (AvgIpc) is 2.45. The lowest BCUT2D eigenvalue weighted by Gasteiger charge is -2.13. The molecule has 0 unspecified atom stereocenters. The van der Waals surface area contributed by atoms with Crippen molar-refractivity contribution in [2.24, 2.45) is 0 Å². The summed E-state index contributed by atoms with van der Waals surface area (Å²) in [5.74, 6) is 1.35. The molecule has 0 amide bonds. The Morgan fingerprint density at radius 3 is 2.26 bits per heavy atom. The zero-order chi connectivity index (χ0) is 13.2. The van der Waals surface area contributed by atoms with Gasteiger partial charge in [0.25, 0.3) is 0 Å². The third-order valence-corrected chi connectivity index (χ3v) is 3.04. The summed E-state index contributed by atoms with van der Waals surface area (Å²) in [6, 6.07) is 19.3. The molecule has 3 aromatic carbocycles. The number of nitrogen functional groups attached to an aromatic ring is 2. The first-order valence-electron chi connectivity index (χ1n) is 6.05. The summed E-state index contributed by atoms with van der Waals surface area (Å²) in [5.41, 5.74) is 13.0. The van der Waals surface area contributed by atoms with Crippen molar-refractivity contribution >= 4 is 22.1 Å². The van der Waals surface area contributed by atoms with Gasteiger partial charge < -0.3 is 16.2 Å². The van der Waals surface area contributed by atoms with Gasteiger partial charge in [0.05, 0.1) is 11.4 Å². The number of anilines is 2. The number of nitrogens with two attached hydrogens (primary N) is 2. The number of benzene rings is 3. The molecule has 3 heteroatoms. The highest BCUT2D eigenvalue weighted by Gasteiger charge is 2.11. The SMILES string of the molecule is Nc1cc2ccccc2c(Oc2ccccc2)c1N. The summed E-state index contributed by atoms with van der Waals surface area (Å²) in [6.45, 7) is 0. The molecule has 0 radical (unpaired) electrons. The third-order valence-electron chi connectivity index (χ3n) is 3.04. The summed E-state index contributed by atoms with van der Waals surface area (Å²) in [7, 11) is 0. The van der Waals surface area contributed by atoms with Gasteiger partial charge in [-0.2, -0.15) is 0 Å². The minimum Gasteiger partial charge on any atom is -0.454 e. The smallest absolute Gasteiger partial charge is 0.160 e. The van der Waals surface area contributed by atoms with E-state index in [1.165, 1.54) is 0 Å². The van der Waals surface area contributed by atoms with Crippen LogP contribution in [0.15, 0.2) is 60.7 Å². The molecule has 0 aromatic heterocycles. The highest BCUT2D eigenvalue weighted by Crippen LogP contribution is 2.39. The Balaban J connectivity index is 2.19.